The summed E-state index contributed by atoms with van der Waals surface area (Å²) in [6, 6.07) is 12.1. The largest absolute Gasteiger partial charge is 0.467 e. The molecule has 6 heteroatoms. The summed E-state index contributed by atoms with van der Waals surface area (Å²) in [7, 11) is 1.42. The third kappa shape index (κ3) is 2.27. The quantitative estimate of drug-likeness (QED) is 0.677. The molecule has 1 aromatic carbocycles. The van der Waals surface area contributed by atoms with Crippen LogP contribution in [0.3, 0.4) is 0 Å². The smallest absolute Gasteiger partial charge is 0.332 e. The molecule has 2 aromatic heterocycles. The predicted molar refractivity (Wildman–Crippen MR) is 113 cm³/mol. The number of carbonyl (C=O) groups excluding carboxylic acids is 2. The number of nitrogens with zero attached hydrogens (tertiary/aromatic N) is 2. The predicted octanol–water partition coefficient (Wildman–Crippen LogP) is 3.70. The molecule has 2 atom stereocenters. The van der Waals surface area contributed by atoms with E-state index in [9.17, 15) is 9.59 Å². The van der Waals surface area contributed by atoms with Crippen LogP contribution in [0.25, 0.3) is 10.9 Å². The Balaban J connectivity index is 1.91. The summed E-state index contributed by atoms with van der Waals surface area (Å²) in [5, 5.41) is 1.10. The molecule has 2 bridgehead atoms. The van der Waals surface area contributed by atoms with Crippen molar-refractivity contribution in [3.8, 4) is 0 Å². The van der Waals surface area contributed by atoms with Gasteiger partial charge in [-0.1, -0.05) is 25.1 Å². The molecular formula is C24H25N3O3. The van der Waals surface area contributed by atoms with E-state index in [1.54, 1.807) is 12.4 Å². The van der Waals surface area contributed by atoms with Gasteiger partial charge in [0, 0.05) is 36.1 Å². The maximum atomic E-state index is 13.5. The van der Waals surface area contributed by atoms with Crippen molar-refractivity contribution in [1.29, 1.82) is 0 Å². The van der Waals surface area contributed by atoms with Crippen LogP contribution in [0.4, 0.5) is 0 Å². The van der Waals surface area contributed by atoms with Gasteiger partial charge in [0.15, 0.2) is 0 Å². The van der Waals surface area contributed by atoms with Crippen molar-refractivity contribution < 1.29 is 14.3 Å². The van der Waals surface area contributed by atoms with Crippen molar-refractivity contribution in [2.45, 2.75) is 50.1 Å². The third-order valence-corrected chi connectivity index (χ3v) is 6.91. The zero-order valence-electron chi connectivity index (χ0n) is 17.3. The summed E-state index contributed by atoms with van der Waals surface area (Å²) in [5.41, 5.74) is 2.34. The fraction of sp³-hybridized carbons (Fsp3) is 0.375. The number of pyridine rings is 1. The van der Waals surface area contributed by atoms with Crippen LogP contribution in [0.2, 0.25) is 0 Å². The van der Waals surface area contributed by atoms with Crippen molar-refractivity contribution in [2.24, 2.45) is 0 Å². The lowest BCUT2D eigenvalue weighted by molar-refractivity contribution is -0.177. The van der Waals surface area contributed by atoms with E-state index in [1.807, 2.05) is 36.1 Å². The lowest BCUT2D eigenvalue weighted by Crippen LogP contribution is -2.71. The Labute approximate surface area is 175 Å². The molecule has 3 aromatic rings. The fourth-order valence-corrected chi connectivity index (χ4v) is 5.77. The second-order valence-corrected chi connectivity index (χ2v) is 8.26. The maximum absolute atomic E-state index is 13.5. The topological polar surface area (TPSA) is 75.3 Å². The van der Waals surface area contributed by atoms with Crippen molar-refractivity contribution in [3.05, 3.63) is 65.6 Å². The van der Waals surface area contributed by atoms with Crippen molar-refractivity contribution in [1.82, 2.24) is 14.9 Å². The summed E-state index contributed by atoms with van der Waals surface area (Å²) >= 11 is 0. The number of fused-ring (bicyclic) bond motifs is 6. The number of ether oxygens (including phenoxy) is 1. The lowest BCUT2D eigenvalue weighted by Gasteiger charge is -2.59. The van der Waals surface area contributed by atoms with Gasteiger partial charge in [0.05, 0.1) is 12.8 Å². The molecule has 30 heavy (non-hydrogen) atoms. The van der Waals surface area contributed by atoms with E-state index in [0.717, 1.165) is 40.6 Å². The van der Waals surface area contributed by atoms with Gasteiger partial charge in [0.2, 0.25) is 5.91 Å². The van der Waals surface area contributed by atoms with E-state index >= 15 is 0 Å². The van der Waals surface area contributed by atoms with Crippen molar-refractivity contribution in [3.63, 3.8) is 0 Å². The number of para-hydroxylation sites is 1. The van der Waals surface area contributed by atoms with Gasteiger partial charge in [0.25, 0.3) is 0 Å². The van der Waals surface area contributed by atoms with E-state index in [-0.39, 0.29) is 11.9 Å². The first kappa shape index (κ1) is 18.9. The standard InChI is InChI=1S/C24H25N3O3/c1-3-20(28)27-23(22(29)30-2)11-6-12-24(27,16-9-13-25-14-10-16)21-18(15-23)17-7-4-5-8-19(17)26-21/h4-5,7-10,13-14,26H,3,6,11-12,15H2,1-2H3. The second-order valence-electron chi connectivity index (χ2n) is 8.26. The number of methoxy groups -OCH3 is 1. The summed E-state index contributed by atoms with van der Waals surface area (Å²) in [4.78, 5) is 36.5. The number of H-pyrrole nitrogens is 1. The molecule has 154 valence electrons. The summed E-state index contributed by atoms with van der Waals surface area (Å²) in [6.45, 7) is 1.85. The third-order valence-electron chi connectivity index (χ3n) is 6.91. The van der Waals surface area contributed by atoms with E-state index in [4.69, 9.17) is 4.74 Å². The summed E-state index contributed by atoms with van der Waals surface area (Å²) < 4.78 is 5.32. The number of benzene rings is 1. The molecule has 2 unspecified atom stereocenters. The molecule has 0 saturated carbocycles. The van der Waals surface area contributed by atoms with Crippen LogP contribution in [0, 0.1) is 0 Å². The van der Waals surface area contributed by atoms with Gasteiger partial charge in [-0.25, -0.2) is 4.79 Å². The lowest BCUT2D eigenvalue weighted by atomic mass is 9.64. The molecule has 0 spiro atoms. The van der Waals surface area contributed by atoms with Gasteiger partial charge >= 0.3 is 5.97 Å². The maximum Gasteiger partial charge on any atom is 0.332 e. The molecule has 1 saturated heterocycles. The Bertz CT molecular complexity index is 1140. The highest BCUT2D eigenvalue weighted by Crippen LogP contribution is 2.56. The number of aromatic amines is 1. The van der Waals surface area contributed by atoms with Crippen LogP contribution in [0.1, 0.15) is 49.4 Å². The molecule has 1 N–H and O–H groups in total. The molecule has 5 rings (SSSR count). The second kappa shape index (κ2) is 6.69. The Hall–Kier alpha value is -3.15. The first-order valence-corrected chi connectivity index (χ1v) is 10.5. The minimum absolute atomic E-state index is 0.0405. The molecule has 1 amide bonds. The van der Waals surface area contributed by atoms with E-state index in [2.05, 4.69) is 22.1 Å². The SMILES string of the molecule is CCC(=O)N1C2(C(=O)OC)CCCC1(c1ccncc1)c1[nH]c3ccccc3c1C2. The van der Waals surface area contributed by atoms with Gasteiger partial charge in [0.1, 0.15) is 11.1 Å². The van der Waals surface area contributed by atoms with Crippen LogP contribution in [-0.2, 0) is 26.3 Å². The fourth-order valence-electron chi connectivity index (χ4n) is 5.77. The Morgan fingerprint density at radius 3 is 2.67 bits per heavy atom. The molecule has 0 radical (unpaired) electrons. The van der Waals surface area contributed by atoms with Gasteiger partial charge < -0.3 is 14.6 Å². The van der Waals surface area contributed by atoms with Crippen molar-refractivity contribution in [2.75, 3.05) is 7.11 Å². The minimum atomic E-state index is -1.01. The Morgan fingerprint density at radius 2 is 1.93 bits per heavy atom. The number of nitrogens with one attached hydrogen (secondary N) is 1. The Morgan fingerprint density at radius 1 is 1.17 bits per heavy atom. The molecule has 6 nitrogen and oxygen atoms in total. The molecule has 1 fully saturated rings. The molecule has 0 aliphatic carbocycles. The van der Waals surface area contributed by atoms with E-state index < -0.39 is 11.1 Å². The molecule has 4 heterocycles. The highest BCUT2D eigenvalue weighted by Gasteiger charge is 2.63. The molecule has 2 aliphatic heterocycles. The van der Waals surface area contributed by atoms with Gasteiger partial charge in [-0.05, 0) is 48.6 Å². The van der Waals surface area contributed by atoms with Crippen LogP contribution in [-0.4, -0.2) is 39.4 Å². The van der Waals surface area contributed by atoms with Gasteiger partial charge in [-0.2, -0.15) is 0 Å². The number of hydrogen-bond acceptors (Lipinski definition) is 4. The monoisotopic (exact) mass is 403 g/mol. The number of carbonyl (C=O) groups is 2. The van der Waals surface area contributed by atoms with Gasteiger partial charge in [-0.15, -0.1) is 0 Å². The minimum Gasteiger partial charge on any atom is -0.467 e. The number of hydrogen-bond donors (Lipinski definition) is 1. The van der Waals surface area contributed by atoms with Gasteiger partial charge in [-0.3, -0.25) is 9.78 Å². The van der Waals surface area contributed by atoms with Crippen LogP contribution in [0.15, 0.2) is 48.8 Å². The highest BCUT2D eigenvalue weighted by molar-refractivity contribution is 5.94. The van der Waals surface area contributed by atoms with Crippen LogP contribution >= 0.6 is 0 Å². The normalized spacial score (nSPS) is 25.1. The first-order valence-electron chi connectivity index (χ1n) is 10.5. The zero-order valence-corrected chi connectivity index (χ0v) is 17.3. The summed E-state index contributed by atoms with van der Waals surface area (Å²) in [5.74, 6) is -0.375. The van der Waals surface area contributed by atoms with Crippen molar-refractivity contribution >= 4 is 22.8 Å². The number of amides is 1. The van der Waals surface area contributed by atoms with E-state index in [0.29, 0.717) is 19.3 Å². The summed E-state index contributed by atoms with van der Waals surface area (Å²) in [6.07, 6.45) is 6.44. The first-order chi connectivity index (χ1) is 14.6. The Kier molecular flexibility index (Phi) is 4.20. The zero-order chi connectivity index (χ0) is 20.9. The number of rotatable bonds is 3. The van der Waals surface area contributed by atoms with E-state index in [1.165, 1.54) is 7.11 Å². The number of esters is 1. The van der Waals surface area contributed by atoms with Crippen LogP contribution < -0.4 is 0 Å². The molecule has 2 aliphatic rings. The van der Waals surface area contributed by atoms with Crippen LogP contribution in [0.5, 0.6) is 0 Å². The number of piperidine rings is 1. The number of aromatic nitrogens is 2. The highest BCUT2D eigenvalue weighted by atomic mass is 16.5. The average molecular weight is 403 g/mol. The molecular weight excluding hydrogens is 378 g/mol. The average Bonchev–Trinajstić information content (AvgIpc) is 3.16.